The number of methoxy groups -OCH3 is 1. The minimum Gasteiger partial charge on any atom is -0.388 e. The summed E-state index contributed by atoms with van der Waals surface area (Å²) < 4.78 is 5.41. The fourth-order valence-corrected chi connectivity index (χ4v) is 2.22. The SMILES string of the molecule is COC1CCCC1Nc1nccc(C(N)=S)n1. The van der Waals surface area contributed by atoms with Crippen LogP contribution in [0, 0.1) is 0 Å². The number of nitrogens with one attached hydrogen (secondary N) is 1. The minimum atomic E-state index is 0.229. The molecule has 1 aliphatic rings. The van der Waals surface area contributed by atoms with E-state index in [1.807, 2.05) is 0 Å². The van der Waals surface area contributed by atoms with Crippen molar-refractivity contribution >= 4 is 23.2 Å². The summed E-state index contributed by atoms with van der Waals surface area (Å²) >= 11 is 4.89. The van der Waals surface area contributed by atoms with Crippen LogP contribution in [0.1, 0.15) is 25.0 Å². The maximum absolute atomic E-state index is 5.53. The summed E-state index contributed by atoms with van der Waals surface area (Å²) in [7, 11) is 1.73. The Morgan fingerprint density at radius 1 is 1.59 bits per heavy atom. The average molecular weight is 252 g/mol. The summed E-state index contributed by atoms with van der Waals surface area (Å²) in [6.45, 7) is 0. The molecule has 1 fully saturated rings. The molecule has 0 amide bonds. The Hall–Kier alpha value is -1.27. The Bertz CT molecular complexity index is 412. The van der Waals surface area contributed by atoms with E-state index < -0.39 is 0 Å². The number of anilines is 1. The van der Waals surface area contributed by atoms with Crippen molar-refractivity contribution in [3.05, 3.63) is 18.0 Å². The summed E-state index contributed by atoms with van der Waals surface area (Å²) in [5.41, 5.74) is 6.12. The Labute approximate surface area is 106 Å². The molecule has 1 saturated carbocycles. The van der Waals surface area contributed by atoms with Crippen LogP contribution in [0.25, 0.3) is 0 Å². The third-order valence-corrected chi connectivity index (χ3v) is 3.19. The molecule has 0 saturated heterocycles. The lowest BCUT2D eigenvalue weighted by Gasteiger charge is -2.19. The van der Waals surface area contributed by atoms with Crippen LogP contribution in [-0.4, -0.2) is 34.2 Å². The van der Waals surface area contributed by atoms with Crippen molar-refractivity contribution in [2.45, 2.75) is 31.4 Å². The van der Waals surface area contributed by atoms with E-state index in [0.717, 1.165) is 19.3 Å². The van der Waals surface area contributed by atoms with Gasteiger partial charge in [-0.25, -0.2) is 9.97 Å². The second kappa shape index (κ2) is 5.37. The predicted molar refractivity (Wildman–Crippen MR) is 70.0 cm³/mol. The number of hydrogen-bond donors (Lipinski definition) is 2. The molecule has 0 aliphatic heterocycles. The molecule has 1 heterocycles. The summed E-state index contributed by atoms with van der Waals surface area (Å²) in [6.07, 6.45) is 5.18. The Kier molecular flexibility index (Phi) is 3.86. The third-order valence-electron chi connectivity index (χ3n) is 2.98. The van der Waals surface area contributed by atoms with E-state index >= 15 is 0 Å². The summed E-state index contributed by atoms with van der Waals surface area (Å²) in [4.78, 5) is 8.70. The van der Waals surface area contributed by atoms with Crippen LogP contribution in [0.3, 0.4) is 0 Å². The van der Waals surface area contributed by atoms with Crippen LogP contribution < -0.4 is 11.1 Å². The highest BCUT2D eigenvalue weighted by atomic mass is 32.1. The predicted octanol–water partition coefficient (Wildman–Crippen LogP) is 1.09. The lowest BCUT2D eigenvalue weighted by atomic mass is 10.2. The van der Waals surface area contributed by atoms with Gasteiger partial charge in [0.1, 0.15) is 10.7 Å². The number of ether oxygens (including phenoxy) is 1. The molecule has 2 unspecified atom stereocenters. The van der Waals surface area contributed by atoms with Crippen molar-refractivity contribution in [1.29, 1.82) is 0 Å². The first-order chi connectivity index (χ1) is 8.20. The van der Waals surface area contributed by atoms with E-state index in [1.165, 1.54) is 0 Å². The van der Waals surface area contributed by atoms with Gasteiger partial charge in [-0.05, 0) is 25.3 Å². The zero-order chi connectivity index (χ0) is 12.3. The van der Waals surface area contributed by atoms with Gasteiger partial charge in [-0.1, -0.05) is 12.2 Å². The lowest BCUT2D eigenvalue weighted by Crippen LogP contribution is -2.30. The van der Waals surface area contributed by atoms with Crippen molar-refractivity contribution in [3.63, 3.8) is 0 Å². The average Bonchev–Trinajstić information content (AvgIpc) is 2.76. The zero-order valence-corrected chi connectivity index (χ0v) is 10.5. The Morgan fingerprint density at radius 2 is 2.41 bits per heavy atom. The number of aromatic nitrogens is 2. The van der Waals surface area contributed by atoms with Crippen LogP contribution in [0.4, 0.5) is 5.95 Å². The van der Waals surface area contributed by atoms with Gasteiger partial charge in [0.15, 0.2) is 0 Å². The highest BCUT2D eigenvalue weighted by molar-refractivity contribution is 7.80. The lowest BCUT2D eigenvalue weighted by molar-refractivity contribution is 0.101. The molecule has 17 heavy (non-hydrogen) atoms. The molecule has 5 nitrogen and oxygen atoms in total. The summed E-state index contributed by atoms with van der Waals surface area (Å²) in [5.74, 6) is 0.559. The van der Waals surface area contributed by atoms with E-state index in [0.29, 0.717) is 11.6 Å². The molecule has 1 aromatic rings. The topological polar surface area (TPSA) is 73.1 Å². The van der Waals surface area contributed by atoms with E-state index in [9.17, 15) is 0 Å². The van der Waals surface area contributed by atoms with Crippen molar-refractivity contribution < 1.29 is 4.74 Å². The van der Waals surface area contributed by atoms with Crippen LogP contribution >= 0.6 is 12.2 Å². The molecule has 6 heteroatoms. The highest BCUT2D eigenvalue weighted by Gasteiger charge is 2.27. The molecule has 92 valence electrons. The van der Waals surface area contributed by atoms with Gasteiger partial charge in [0.25, 0.3) is 0 Å². The third kappa shape index (κ3) is 2.89. The highest BCUT2D eigenvalue weighted by Crippen LogP contribution is 2.23. The van der Waals surface area contributed by atoms with E-state index in [1.54, 1.807) is 19.4 Å². The largest absolute Gasteiger partial charge is 0.388 e. The molecule has 0 spiro atoms. The number of rotatable bonds is 4. The molecule has 1 aromatic heterocycles. The molecule has 2 rings (SSSR count). The smallest absolute Gasteiger partial charge is 0.223 e. The number of nitrogens with two attached hydrogens (primary N) is 1. The fraction of sp³-hybridized carbons (Fsp3) is 0.545. The standard InChI is InChI=1S/C11H16N4OS/c1-16-9-4-2-3-7(9)14-11-13-6-5-8(15-11)10(12)17/h5-7,9H,2-4H2,1H3,(H2,12,17)(H,13,14,15). The number of thiocarbonyl (C=S) groups is 1. The molecular weight excluding hydrogens is 236 g/mol. The van der Waals surface area contributed by atoms with Crippen LogP contribution in [0.15, 0.2) is 12.3 Å². The van der Waals surface area contributed by atoms with Crippen molar-refractivity contribution in [3.8, 4) is 0 Å². The minimum absolute atomic E-state index is 0.229. The van der Waals surface area contributed by atoms with Crippen LogP contribution in [-0.2, 0) is 4.74 Å². The van der Waals surface area contributed by atoms with Gasteiger partial charge in [0.05, 0.1) is 12.1 Å². The molecule has 2 atom stereocenters. The maximum atomic E-state index is 5.53. The maximum Gasteiger partial charge on any atom is 0.223 e. The van der Waals surface area contributed by atoms with Gasteiger partial charge in [0, 0.05) is 13.3 Å². The van der Waals surface area contributed by atoms with Crippen LogP contribution in [0.2, 0.25) is 0 Å². The van der Waals surface area contributed by atoms with E-state index in [-0.39, 0.29) is 17.1 Å². The van der Waals surface area contributed by atoms with Crippen molar-refractivity contribution in [2.24, 2.45) is 5.73 Å². The summed E-state index contributed by atoms with van der Waals surface area (Å²) in [6, 6.07) is 1.97. The fourth-order valence-electron chi connectivity index (χ4n) is 2.10. The second-order valence-corrected chi connectivity index (χ2v) is 4.53. The van der Waals surface area contributed by atoms with Gasteiger partial charge in [-0.2, -0.15) is 0 Å². The van der Waals surface area contributed by atoms with Crippen molar-refractivity contribution in [1.82, 2.24) is 9.97 Å². The van der Waals surface area contributed by atoms with Gasteiger partial charge < -0.3 is 15.8 Å². The molecule has 0 bridgehead atoms. The second-order valence-electron chi connectivity index (χ2n) is 4.09. The molecular formula is C11H16N4OS. The van der Waals surface area contributed by atoms with Gasteiger partial charge in [-0.3, -0.25) is 0 Å². The molecule has 3 N–H and O–H groups in total. The number of nitrogens with zero attached hydrogens (tertiary/aromatic N) is 2. The van der Waals surface area contributed by atoms with Crippen LogP contribution in [0.5, 0.6) is 0 Å². The van der Waals surface area contributed by atoms with Gasteiger partial charge >= 0.3 is 0 Å². The van der Waals surface area contributed by atoms with Gasteiger partial charge in [0.2, 0.25) is 5.95 Å². The van der Waals surface area contributed by atoms with Crippen molar-refractivity contribution in [2.75, 3.05) is 12.4 Å². The zero-order valence-electron chi connectivity index (χ0n) is 9.72. The quantitative estimate of drug-likeness (QED) is 0.782. The monoisotopic (exact) mass is 252 g/mol. The first-order valence-electron chi connectivity index (χ1n) is 5.63. The Morgan fingerprint density at radius 3 is 3.12 bits per heavy atom. The van der Waals surface area contributed by atoms with E-state index in [2.05, 4.69) is 15.3 Å². The Balaban J connectivity index is 2.07. The molecule has 0 radical (unpaired) electrons. The molecule has 0 aromatic carbocycles. The number of hydrogen-bond acceptors (Lipinski definition) is 5. The van der Waals surface area contributed by atoms with Gasteiger partial charge in [-0.15, -0.1) is 0 Å². The first kappa shape index (κ1) is 12.2. The normalized spacial score (nSPS) is 23.6. The van der Waals surface area contributed by atoms with E-state index in [4.69, 9.17) is 22.7 Å². The molecule has 1 aliphatic carbocycles. The first-order valence-corrected chi connectivity index (χ1v) is 6.03. The summed E-state index contributed by atoms with van der Waals surface area (Å²) in [5, 5.41) is 3.27.